The van der Waals surface area contributed by atoms with Crippen molar-refractivity contribution in [3.63, 3.8) is 0 Å². The summed E-state index contributed by atoms with van der Waals surface area (Å²) in [6.07, 6.45) is 3.27. The zero-order valence-electron chi connectivity index (χ0n) is 12.4. The first-order valence-electron chi connectivity index (χ1n) is 7.14. The van der Waals surface area contributed by atoms with Crippen molar-refractivity contribution in [1.29, 1.82) is 0 Å². The van der Waals surface area contributed by atoms with Gasteiger partial charge in [0.05, 0.1) is 5.69 Å². The lowest BCUT2D eigenvalue weighted by atomic mass is 10.1. The summed E-state index contributed by atoms with van der Waals surface area (Å²) >= 11 is 0. The Morgan fingerprint density at radius 2 is 2.00 bits per heavy atom. The molecule has 2 aromatic rings. The van der Waals surface area contributed by atoms with Gasteiger partial charge >= 0.3 is 0 Å². The van der Waals surface area contributed by atoms with E-state index < -0.39 is 0 Å². The molecule has 2 heterocycles. The van der Waals surface area contributed by atoms with E-state index in [1.807, 2.05) is 0 Å². The number of aromatic nitrogens is 3. The van der Waals surface area contributed by atoms with E-state index in [1.165, 1.54) is 5.56 Å². The van der Waals surface area contributed by atoms with Gasteiger partial charge in [-0.05, 0) is 31.5 Å². The third-order valence-corrected chi connectivity index (χ3v) is 3.90. The fraction of sp³-hybridized carbons (Fsp3) is 0.467. The summed E-state index contributed by atoms with van der Waals surface area (Å²) in [5.41, 5.74) is 2.39. The molecule has 0 saturated carbocycles. The highest BCUT2D eigenvalue weighted by Gasteiger charge is 2.21. The van der Waals surface area contributed by atoms with Crippen LogP contribution >= 0.6 is 12.4 Å². The quantitative estimate of drug-likeness (QED) is 0.940. The molecular formula is C15H22ClN5. The van der Waals surface area contributed by atoms with Crippen molar-refractivity contribution in [3.8, 4) is 5.69 Å². The van der Waals surface area contributed by atoms with Crippen molar-refractivity contribution in [1.82, 2.24) is 25.0 Å². The Balaban J connectivity index is 0.00000161. The standard InChI is InChI=1S/C15H21N5.ClH/c1-12-8-19(13(2)7-17-12)9-14-3-5-15(6-4-14)20-11-16-10-18-20;/h3-6,10-13,17H,7-9H2,1-2H3;1H. The van der Waals surface area contributed by atoms with Crippen LogP contribution in [-0.4, -0.2) is 44.8 Å². The smallest absolute Gasteiger partial charge is 0.138 e. The summed E-state index contributed by atoms with van der Waals surface area (Å²) in [7, 11) is 0. The first-order chi connectivity index (χ1) is 9.72. The molecule has 6 heteroatoms. The first kappa shape index (κ1) is 15.9. The van der Waals surface area contributed by atoms with Crippen LogP contribution in [0.5, 0.6) is 0 Å². The van der Waals surface area contributed by atoms with Gasteiger partial charge in [0.25, 0.3) is 0 Å². The Bertz CT molecular complexity index is 540. The molecule has 3 rings (SSSR count). The van der Waals surface area contributed by atoms with Crippen LogP contribution in [0.15, 0.2) is 36.9 Å². The molecule has 0 aliphatic carbocycles. The molecule has 2 atom stereocenters. The molecule has 0 bridgehead atoms. The van der Waals surface area contributed by atoms with Gasteiger partial charge in [-0.1, -0.05) is 12.1 Å². The third-order valence-electron chi connectivity index (χ3n) is 3.90. The van der Waals surface area contributed by atoms with Gasteiger partial charge in [-0.15, -0.1) is 12.4 Å². The zero-order chi connectivity index (χ0) is 13.9. The van der Waals surface area contributed by atoms with Crippen molar-refractivity contribution in [2.75, 3.05) is 13.1 Å². The molecule has 1 aliphatic heterocycles. The predicted octanol–water partition coefficient (Wildman–Crippen LogP) is 1.87. The van der Waals surface area contributed by atoms with Crippen LogP contribution in [0.25, 0.3) is 5.69 Å². The molecule has 21 heavy (non-hydrogen) atoms. The Kier molecular flexibility index (Phi) is 5.33. The summed E-state index contributed by atoms with van der Waals surface area (Å²) < 4.78 is 1.78. The minimum absolute atomic E-state index is 0. The second kappa shape index (κ2) is 7.02. The Morgan fingerprint density at radius 1 is 1.24 bits per heavy atom. The van der Waals surface area contributed by atoms with E-state index in [0.717, 1.165) is 25.3 Å². The number of benzene rings is 1. The van der Waals surface area contributed by atoms with Crippen LogP contribution in [0.3, 0.4) is 0 Å². The molecule has 0 radical (unpaired) electrons. The highest BCUT2D eigenvalue weighted by atomic mass is 35.5. The number of nitrogens with one attached hydrogen (secondary N) is 1. The van der Waals surface area contributed by atoms with E-state index in [1.54, 1.807) is 17.3 Å². The maximum atomic E-state index is 4.14. The Hall–Kier alpha value is -1.43. The van der Waals surface area contributed by atoms with Crippen LogP contribution in [0.2, 0.25) is 0 Å². The lowest BCUT2D eigenvalue weighted by Crippen LogP contribution is -2.53. The van der Waals surface area contributed by atoms with Gasteiger partial charge in [-0.25, -0.2) is 9.67 Å². The van der Waals surface area contributed by atoms with Crippen molar-refractivity contribution >= 4 is 12.4 Å². The molecule has 1 fully saturated rings. The molecule has 1 aliphatic rings. The summed E-state index contributed by atoms with van der Waals surface area (Å²) in [6, 6.07) is 9.70. The second-order valence-corrected chi connectivity index (χ2v) is 5.59. The lowest BCUT2D eigenvalue weighted by molar-refractivity contribution is 0.139. The number of piperazine rings is 1. The second-order valence-electron chi connectivity index (χ2n) is 5.59. The molecule has 1 N–H and O–H groups in total. The van der Waals surface area contributed by atoms with E-state index in [9.17, 15) is 0 Å². The van der Waals surface area contributed by atoms with Gasteiger partial charge in [0.1, 0.15) is 12.7 Å². The molecule has 1 saturated heterocycles. The number of hydrogen-bond acceptors (Lipinski definition) is 4. The Morgan fingerprint density at radius 3 is 2.67 bits per heavy atom. The molecule has 1 aromatic heterocycles. The van der Waals surface area contributed by atoms with Crippen molar-refractivity contribution < 1.29 is 0 Å². The topological polar surface area (TPSA) is 46.0 Å². The van der Waals surface area contributed by atoms with Crippen molar-refractivity contribution in [3.05, 3.63) is 42.5 Å². The lowest BCUT2D eigenvalue weighted by Gasteiger charge is -2.37. The number of nitrogens with zero attached hydrogens (tertiary/aromatic N) is 4. The number of rotatable bonds is 3. The minimum atomic E-state index is 0. The van der Waals surface area contributed by atoms with Gasteiger partial charge in [0.2, 0.25) is 0 Å². The van der Waals surface area contributed by atoms with Gasteiger partial charge in [-0.3, -0.25) is 4.90 Å². The van der Waals surface area contributed by atoms with Gasteiger partial charge in [0.15, 0.2) is 0 Å². The van der Waals surface area contributed by atoms with Crippen LogP contribution in [0, 0.1) is 0 Å². The molecular weight excluding hydrogens is 286 g/mol. The van der Waals surface area contributed by atoms with Crippen LogP contribution in [-0.2, 0) is 6.54 Å². The predicted molar refractivity (Wildman–Crippen MR) is 85.9 cm³/mol. The SMILES string of the molecule is CC1CN(Cc2ccc(-n3cncn3)cc2)C(C)CN1.Cl. The summed E-state index contributed by atoms with van der Waals surface area (Å²) in [5.74, 6) is 0. The van der Waals surface area contributed by atoms with Crippen molar-refractivity contribution in [2.45, 2.75) is 32.5 Å². The highest BCUT2D eigenvalue weighted by Crippen LogP contribution is 2.14. The molecule has 0 spiro atoms. The van der Waals surface area contributed by atoms with Gasteiger partial charge in [0, 0.05) is 31.7 Å². The number of hydrogen-bond donors (Lipinski definition) is 1. The third kappa shape index (κ3) is 3.81. The summed E-state index contributed by atoms with van der Waals surface area (Å²) in [6.45, 7) is 7.70. The van der Waals surface area contributed by atoms with E-state index in [0.29, 0.717) is 12.1 Å². The number of halogens is 1. The molecule has 114 valence electrons. The maximum absolute atomic E-state index is 4.14. The van der Waals surface area contributed by atoms with Crippen molar-refractivity contribution in [2.24, 2.45) is 0 Å². The minimum Gasteiger partial charge on any atom is -0.311 e. The molecule has 0 amide bonds. The van der Waals surface area contributed by atoms with Crippen LogP contribution in [0.1, 0.15) is 19.4 Å². The highest BCUT2D eigenvalue weighted by molar-refractivity contribution is 5.85. The summed E-state index contributed by atoms with van der Waals surface area (Å²) in [4.78, 5) is 6.50. The zero-order valence-corrected chi connectivity index (χ0v) is 13.3. The molecule has 1 aromatic carbocycles. The largest absolute Gasteiger partial charge is 0.311 e. The monoisotopic (exact) mass is 307 g/mol. The van der Waals surface area contributed by atoms with E-state index in [4.69, 9.17) is 0 Å². The average Bonchev–Trinajstić information content (AvgIpc) is 2.98. The van der Waals surface area contributed by atoms with Crippen LogP contribution in [0.4, 0.5) is 0 Å². The van der Waals surface area contributed by atoms with Crippen LogP contribution < -0.4 is 5.32 Å². The normalized spacial score (nSPS) is 22.8. The van der Waals surface area contributed by atoms with E-state index >= 15 is 0 Å². The maximum Gasteiger partial charge on any atom is 0.138 e. The average molecular weight is 308 g/mol. The molecule has 5 nitrogen and oxygen atoms in total. The fourth-order valence-electron chi connectivity index (χ4n) is 2.65. The van der Waals surface area contributed by atoms with E-state index in [-0.39, 0.29) is 12.4 Å². The first-order valence-corrected chi connectivity index (χ1v) is 7.14. The summed E-state index contributed by atoms with van der Waals surface area (Å²) in [5, 5.41) is 7.66. The Labute approximate surface area is 131 Å². The molecule has 2 unspecified atom stereocenters. The van der Waals surface area contributed by atoms with Gasteiger partial charge in [-0.2, -0.15) is 5.10 Å². The van der Waals surface area contributed by atoms with E-state index in [2.05, 4.69) is 58.4 Å². The van der Waals surface area contributed by atoms with Gasteiger partial charge < -0.3 is 5.32 Å². The fourth-order valence-corrected chi connectivity index (χ4v) is 2.65.